The van der Waals surface area contributed by atoms with E-state index in [-0.39, 0.29) is 35.5 Å². The molecule has 2 aromatic rings. The summed E-state index contributed by atoms with van der Waals surface area (Å²) in [5.41, 5.74) is 1.71. The molecule has 4 atom stereocenters. The predicted molar refractivity (Wildman–Crippen MR) is 104 cm³/mol. The monoisotopic (exact) mass is 386 g/mol. The molecule has 1 saturated heterocycles. The lowest BCUT2D eigenvalue weighted by molar-refractivity contribution is -0.123. The van der Waals surface area contributed by atoms with Gasteiger partial charge in [0, 0.05) is 0 Å². The number of carbonyl (C=O) groups is 4. The van der Waals surface area contributed by atoms with Crippen molar-refractivity contribution in [1.29, 1.82) is 0 Å². The van der Waals surface area contributed by atoms with Crippen LogP contribution >= 0.6 is 0 Å². The van der Waals surface area contributed by atoms with Crippen molar-refractivity contribution in [3.05, 3.63) is 59.7 Å². The van der Waals surface area contributed by atoms with Gasteiger partial charge in [-0.2, -0.15) is 0 Å². The van der Waals surface area contributed by atoms with Crippen molar-refractivity contribution in [2.24, 2.45) is 23.7 Å². The molecule has 3 fully saturated rings. The summed E-state index contributed by atoms with van der Waals surface area (Å²) in [6, 6.07) is 13.3. The summed E-state index contributed by atoms with van der Waals surface area (Å²) in [5, 5.41) is 0. The minimum Gasteiger partial charge on any atom is -0.274 e. The molecule has 6 heteroatoms. The third-order valence-electron chi connectivity index (χ3n) is 7.09. The van der Waals surface area contributed by atoms with Gasteiger partial charge in [-0.15, -0.1) is 0 Å². The molecule has 2 heterocycles. The van der Waals surface area contributed by atoms with Crippen LogP contribution in [0.3, 0.4) is 0 Å². The van der Waals surface area contributed by atoms with E-state index in [1.807, 2.05) is 0 Å². The maximum absolute atomic E-state index is 13.0. The molecule has 4 unspecified atom stereocenters. The fraction of sp³-hybridized carbons (Fsp3) is 0.304. The van der Waals surface area contributed by atoms with E-state index in [4.69, 9.17) is 0 Å². The highest BCUT2D eigenvalue weighted by molar-refractivity contribution is 6.34. The number of benzene rings is 2. The van der Waals surface area contributed by atoms with Gasteiger partial charge in [-0.1, -0.05) is 12.1 Å². The number of anilines is 2. The van der Waals surface area contributed by atoms with Gasteiger partial charge in [0.25, 0.3) is 11.8 Å². The molecule has 4 aliphatic rings. The standard InChI is InChI=1S/C23H18N2O4/c26-20-16-3-1-2-4-17(16)21(27)24(20)14-7-9-15(10-8-14)25-22(28)18-12-5-6-13(11-12)19(18)23(25)29/h1-4,7-10,12-13,18-19H,5-6,11H2. The van der Waals surface area contributed by atoms with Gasteiger partial charge >= 0.3 is 0 Å². The van der Waals surface area contributed by atoms with Crippen LogP contribution in [-0.4, -0.2) is 23.6 Å². The minimum absolute atomic E-state index is 0.0966. The Balaban J connectivity index is 1.31. The van der Waals surface area contributed by atoms with Crippen LogP contribution in [0.4, 0.5) is 11.4 Å². The van der Waals surface area contributed by atoms with Crippen molar-refractivity contribution in [3.8, 4) is 0 Å². The van der Waals surface area contributed by atoms with Crippen LogP contribution in [-0.2, 0) is 9.59 Å². The van der Waals surface area contributed by atoms with E-state index in [0.29, 0.717) is 34.3 Å². The van der Waals surface area contributed by atoms with E-state index in [9.17, 15) is 19.2 Å². The van der Waals surface area contributed by atoms with Crippen LogP contribution in [0.5, 0.6) is 0 Å². The summed E-state index contributed by atoms with van der Waals surface area (Å²) in [7, 11) is 0. The molecule has 2 saturated carbocycles. The highest BCUT2D eigenvalue weighted by Crippen LogP contribution is 2.56. The quantitative estimate of drug-likeness (QED) is 0.744. The van der Waals surface area contributed by atoms with Gasteiger partial charge in [0.05, 0.1) is 34.3 Å². The zero-order valence-corrected chi connectivity index (χ0v) is 15.6. The van der Waals surface area contributed by atoms with Gasteiger partial charge in [-0.25, -0.2) is 4.90 Å². The van der Waals surface area contributed by atoms with Gasteiger partial charge in [0.1, 0.15) is 0 Å². The second-order valence-corrected chi connectivity index (χ2v) is 8.40. The normalized spacial score (nSPS) is 29.8. The van der Waals surface area contributed by atoms with Crippen molar-refractivity contribution < 1.29 is 19.2 Å². The highest BCUT2D eigenvalue weighted by Gasteiger charge is 2.61. The minimum atomic E-state index is -0.363. The number of hydrogen-bond acceptors (Lipinski definition) is 4. The fourth-order valence-corrected chi connectivity index (χ4v) is 5.84. The third kappa shape index (κ3) is 2.06. The van der Waals surface area contributed by atoms with Gasteiger partial charge in [-0.3, -0.25) is 24.1 Å². The van der Waals surface area contributed by atoms with E-state index < -0.39 is 0 Å². The van der Waals surface area contributed by atoms with Gasteiger partial charge in [-0.05, 0) is 67.5 Å². The smallest absolute Gasteiger partial charge is 0.266 e. The summed E-state index contributed by atoms with van der Waals surface area (Å²) >= 11 is 0. The zero-order chi connectivity index (χ0) is 19.9. The topological polar surface area (TPSA) is 74.8 Å². The van der Waals surface area contributed by atoms with E-state index in [0.717, 1.165) is 24.2 Å². The van der Waals surface area contributed by atoms with Crippen LogP contribution < -0.4 is 9.80 Å². The van der Waals surface area contributed by atoms with Gasteiger partial charge < -0.3 is 0 Å². The molecule has 29 heavy (non-hydrogen) atoms. The molecular formula is C23H18N2O4. The largest absolute Gasteiger partial charge is 0.274 e. The highest BCUT2D eigenvalue weighted by atomic mass is 16.2. The molecule has 6 nitrogen and oxygen atoms in total. The number of hydrogen-bond donors (Lipinski definition) is 0. The number of fused-ring (bicyclic) bond motifs is 6. The number of nitrogens with zero attached hydrogens (tertiary/aromatic N) is 2. The van der Waals surface area contributed by atoms with E-state index >= 15 is 0 Å². The lowest BCUT2D eigenvalue weighted by Gasteiger charge is -2.19. The summed E-state index contributed by atoms with van der Waals surface area (Å²) in [6.45, 7) is 0. The maximum atomic E-state index is 13.0. The van der Waals surface area contributed by atoms with Crippen LogP contribution in [0, 0.1) is 23.7 Å². The number of carbonyl (C=O) groups excluding carboxylic acids is 4. The van der Waals surface area contributed by atoms with E-state index in [1.54, 1.807) is 48.5 Å². The molecule has 2 aliphatic heterocycles. The first-order chi connectivity index (χ1) is 14.1. The molecule has 2 aliphatic carbocycles. The first kappa shape index (κ1) is 16.7. The zero-order valence-electron chi connectivity index (χ0n) is 15.6. The molecule has 0 N–H and O–H groups in total. The average molecular weight is 386 g/mol. The molecule has 0 spiro atoms. The summed E-state index contributed by atoms with van der Waals surface area (Å²) < 4.78 is 0. The third-order valence-corrected chi connectivity index (χ3v) is 7.09. The van der Waals surface area contributed by atoms with Crippen LogP contribution in [0.2, 0.25) is 0 Å². The lowest BCUT2D eigenvalue weighted by Crippen LogP contribution is -2.33. The molecule has 0 radical (unpaired) electrons. The van der Waals surface area contributed by atoms with Crippen molar-refractivity contribution in [2.75, 3.05) is 9.80 Å². The first-order valence-corrected chi connectivity index (χ1v) is 10.0. The summed E-state index contributed by atoms with van der Waals surface area (Å²) in [5.74, 6) is -0.584. The van der Waals surface area contributed by atoms with Gasteiger partial charge in [0.2, 0.25) is 11.8 Å². The van der Waals surface area contributed by atoms with Crippen molar-refractivity contribution in [2.45, 2.75) is 19.3 Å². The average Bonchev–Trinajstić information content (AvgIpc) is 3.47. The molecule has 6 rings (SSSR count). The second kappa shape index (κ2) is 5.63. The van der Waals surface area contributed by atoms with E-state index in [2.05, 4.69) is 0 Å². The van der Waals surface area contributed by atoms with E-state index in [1.165, 1.54) is 4.90 Å². The Hall–Kier alpha value is -3.28. The molecule has 0 aromatic heterocycles. The Kier molecular flexibility index (Phi) is 3.23. The summed E-state index contributed by atoms with van der Waals surface area (Å²) in [4.78, 5) is 53.7. The van der Waals surface area contributed by atoms with Crippen molar-refractivity contribution in [3.63, 3.8) is 0 Å². The molecule has 2 aromatic carbocycles. The molecular weight excluding hydrogens is 368 g/mol. The number of rotatable bonds is 2. The van der Waals surface area contributed by atoms with Crippen LogP contribution in [0.15, 0.2) is 48.5 Å². The second-order valence-electron chi connectivity index (χ2n) is 8.40. The lowest BCUT2D eigenvalue weighted by atomic mass is 9.81. The fourth-order valence-electron chi connectivity index (χ4n) is 5.84. The molecule has 2 bridgehead atoms. The predicted octanol–water partition coefficient (Wildman–Crippen LogP) is 3.02. The Morgan fingerprint density at radius 1 is 0.621 bits per heavy atom. The van der Waals surface area contributed by atoms with Crippen LogP contribution in [0.25, 0.3) is 0 Å². The first-order valence-electron chi connectivity index (χ1n) is 10.0. The molecule has 144 valence electrons. The number of amides is 4. The van der Waals surface area contributed by atoms with Crippen molar-refractivity contribution in [1.82, 2.24) is 0 Å². The maximum Gasteiger partial charge on any atom is 0.266 e. The molecule has 4 amide bonds. The van der Waals surface area contributed by atoms with Crippen LogP contribution in [0.1, 0.15) is 40.0 Å². The Morgan fingerprint density at radius 3 is 1.55 bits per heavy atom. The summed E-state index contributed by atoms with van der Waals surface area (Å²) in [6.07, 6.45) is 3.08. The number of imide groups is 2. The SMILES string of the molecule is O=C1c2ccccc2C(=O)N1c1ccc(N2C(=O)C3C4CCC(C4)C3C2=O)cc1. The Morgan fingerprint density at radius 2 is 1.07 bits per heavy atom. The Bertz CT molecular complexity index is 1040. The van der Waals surface area contributed by atoms with Gasteiger partial charge in [0.15, 0.2) is 0 Å². The Labute approximate surface area is 167 Å². The van der Waals surface area contributed by atoms with Crippen molar-refractivity contribution >= 4 is 35.0 Å².